The molecule has 5 rings (SSSR count). The second-order valence-electron chi connectivity index (χ2n) is 9.85. The lowest BCUT2D eigenvalue weighted by Crippen LogP contribution is -2.51. The number of aliphatic hydroxyl groups excluding tert-OH is 1. The molecular weight excluding hydrogens is 494 g/mol. The first-order valence-corrected chi connectivity index (χ1v) is 12.1. The monoisotopic (exact) mass is 520 g/mol. The molecule has 3 nitrogen and oxygen atoms in total. The molecule has 0 aromatic heterocycles. The molecule has 0 amide bonds. The van der Waals surface area contributed by atoms with E-state index < -0.39 is 35.1 Å². The highest BCUT2D eigenvalue weighted by Crippen LogP contribution is 2.51. The van der Waals surface area contributed by atoms with Gasteiger partial charge in [-0.1, -0.05) is 48.5 Å². The number of halogens is 6. The maximum atomic E-state index is 13.4. The van der Waals surface area contributed by atoms with E-state index in [4.69, 9.17) is 0 Å². The lowest BCUT2D eigenvalue weighted by molar-refractivity contribution is -0.143. The summed E-state index contributed by atoms with van der Waals surface area (Å²) in [5, 5.41) is 11.5. The maximum Gasteiger partial charge on any atom is 0.416 e. The molecule has 9 heteroatoms. The van der Waals surface area contributed by atoms with Crippen molar-refractivity contribution in [2.24, 2.45) is 0 Å². The van der Waals surface area contributed by atoms with Gasteiger partial charge in [0, 0.05) is 24.2 Å². The predicted molar refractivity (Wildman–Crippen MR) is 128 cm³/mol. The van der Waals surface area contributed by atoms with Crippen LogP contribution < -0.4 is 4.90 Å². The van der Waals surface area contributed by atoms with Gasteiger partial charge < -0.3 is 10.0 Å². The Bertz CT molecular complexity index is 1220. The van der Waals surface area contributed by atoms with Gasteiger partial charge in [-0.15, -0.1) is 0 Å². The number of hydrogen-bond acceptors (Lipinski definition) is 3. The molecule has 1 fully saturated rings. The minimum atomic E-state index is -4.93. The molecule has 1 N–H and O–H groups in total. The summed E-state index contributed by atoms with van der Waals surface area (Å²) in [6.07, 6.45) is -9.70. The van der Waals surface area contributed by atoms with Crippen molar-refractivity contribution in [2.75, 3.05) is 18.0 Å². The molecule has 3 aromatic rings. The lowest BCUT2D eigenvalue weighted by Gasteiger charge is -2.43. The Morgan fingerprint density at radius 2 is 1.30 bits per heavy atom. The number of anilines is 1. The Labute approximate surface area is 210 Å². The molecule has 1 spiro atoms. The van der Waals surface area contributed by atoms with Crippen LogP contribution in [0.3, 0.4) is 0 Å². The van der Waals surface area contributed by atoms with E-state index in [1.807, 2.05) is 30.3 Å². The number of hydrogen-bond donors (Lipinski definition) is 1. The Kier molecular flexibility index (Phi) is 6.48. The van der Waals surface area contributed by atoms with Crippen molar-refractivity contribution in [2.45, 2.75) is 49.9 Å². The quantitative estimate of drug-likeness (QED) is 0.393. The van der Waals surface area contributed by atoms with Crippen LogP contribution in [-0.2, 0) is 30.9 Å². The number of rotatable bonds is 4. The number of aliphatic hydroxyl groups is 1. The van der Waals surface area contributed by atoms with E-state index in [-0.39, 0.29) is 18.2 Å². The van der Waals surface area contributed by atoms with Crippen molar-refractivity contribution in [1.82, 2.24) is 4.90 Å². The van der Waals surface area contributed by atoms with Crippen LogP contribution in [0.15, 0.2) is 72.8 Å². The predicted octanol–water partition coefficient (Wildman–Crippen LogP) is 6.60. The summed E-state index contributed by atoms with van der Waals surface area (Å²) in [5.41, 5.74) is -0.834. The van der Waals surface area contributed by atoms with Gasteiger partial charge in [-0.05, 0) is 66.9 Å². The normalized spacial score (nSPS) is 19.9. The summed E-state index contributed by atoms with van der Waals surface area (Å²) in [6.45, 7) is 1.90. The molecule has 1 saturated heterocycles. The highest BCUT2D eigenvalue weighted by atomic mass is 19.4. The molecule has 2 aliphatic rings. The van der Waals surface area contributed by atoms with Gasteiger partial charge in [0.15, 0.2) is 0 Å². The van der Waals surface area contributed by atoms with Gasteiger partial charge in [0.25, 0.3) is 0 Å². The number of benzene rings is 3. The van der Waals surface area contributed by atoms with E-state index in [1.54, 1.807) is 12.1 Å². The average molecular weight is 521 g/mol. The fourth-order valence-corrected chi connectivity index (χ4v) is 5.67. The van der Waals surface area contributed by atoms with E-state index in [1.165, 1.54) is 10.5 Å². The molecule has 3 aromatic carbocycles. The third-order valence-electron chi connectivity index (χ3n) is 7.54. The smallest absolute Gasteiger partial charge is 0.373 e. The number of alkyl halides is 6. The number of piperidine rings is 1. The second-order valence-corrected chi connectivity index (χ2v) is 9.85. The minimum absolute atomic E-state index is 0.127. The zero-order chi connectivity index (χ0) is 26.4. The maximum absolute atomic E-state index is 13.4. The molecule has 2 aliphatic heterocycles. The fraction of sp³-hybridized carbons (Fsp3) is 0.357. The van der Waals surface area contributed by atoms with Gasteiger partial charge in [0.1, 0.15) is 6.23 Å². The largest absolute Gasteiger partial charge is 0.416 e. The van der Waals surface area contributed by atoms with E-state index >= 15 is 0 Å². The van der Waals surface area contributed by atoms with Gasteiger partial charge in [0.2, 0.25) is 0 Å². The van der Waals surface area contributed by atoms with Crippen LogP contribution in [0.2, 0.25) is 0 Å². The number of para-hydroxylation sites is 1. The molecule has 0 radical (unpaired) electrons. The van der Waals surface area contributed by atoms with Crippen LogP contribution in [0.5, 0.6) is 0 Å². The Balaban J connectivity index is 1.43. The minimum Gasteiger partial charge on any atom is -0.373 e. The third-order valence-corrected chi connectivity index (χ3v) is 7.54. The van der Waals surface area contributed by atoms with Crippen LogP contribution in [0.4, 0.5) is 32.0 Å². The Hall–Kier alpha value is -3.04. The highest BCUT2D eigenvalue weighted by molar-refractivity contribution is 5.64. The van der Waals surface area contributed by atoms with Crippen molar-refractivity contribution in [3.63, 3.8) is 0 Å². The van der Waals surface area contributed by atoms with Crippen molar-refractivity contribution in [1.29, 1.82) is 0 Å². The molecule has 0 aliphatic carbocycles. The standard InChI is InChI=1S/C28H26F6N2O/c29-27(30,31)21-14-20(15-22(16-21)28(32,33)34)18-36-24-9-5-4-8-23(24)26(25(36)37)10-12-35(13-11-26)17-19-6-2-1-3-7-19/h1-9,14-16,25,37H,10-13,17-18H2. The van der Waals surface area contributed by atoms with Crippen molar-refractivity contribution >= 4 is 5.69 Å². The van der Waals surface area contributed by atoms with Crippen LogP contribution in [0.1, 0.15) is 40.7 Å². The molecule has 1 unspecified atom stereocenters. The van der Waals surface area contributed by atoms with Gasteiger partial charge in [-0.3, -0.25) is 4.90 Å². The molecular formula is C28H26F6N2O. The summed E-state index contributed by atoms with van der Waals surface area (Å²) in [6, 6.07) is 18.9. The van der Waals surface area contributed by atoms with E-state index in [0.29, 0.717) is 31.6 Å². The Morgan fingerprint density at radius 1 is 0.730 bits per heavy atom. The molecule has 1 atom stereocenters. The summed E-state index contributed by atoms with van der Waals surface area (Å²) in [5.74, 6) is 0. The first kappa shape index (κ1) is 25.6. The van der Waals surface area contributed by atoms with Crippen LogP contribution >= 0.6 is 0 Å². The van der Waals surface area contributed by atoms with Crippen molar-refractivity contribution in [3.05, 3.63) is 101 Å². The molecule has 0 saturated carbocycles. The second kappa shape index (κ2) is 9.36. The zero-order valence-electron chi connectivity index (χ0n) is 19.9. The molecule has 2 heterocycles. The fourth-order valence-electron chi connectivity index (χ4n) is 5.67. The van der Waals surface area contributed by atoms with E-state index in [2.05, 4.69) is 17.0 Å². The summed E-state index contributed by atoms with van der Waals surface area (Å²) in [7, 11) is 0. The van der Waals surface area contributed by atoms with Crippen LogP contribution in [-0.4, -0.2) is 29.3 Å². The zero-order valence-corrected chi connectivity index (χ0v) is 19.9. The average Bonchev–Trinajstić information content (AvgIpc) is 3.08. The summed E-state index contributed by atoms with van der Waals surface area (Å²) >= 11 is 0. The summed E-state index contributed by atoms with van der Waals surface area (Å²) in [4.78, 5) is 3.83. The Morgan fingerprint density at radius 3 is 1.89 bits per heavy atom. The SMILES string of the molecule is OC1N(Cc2cc(C(F)(F)F)cc(C(F)(F)F)c2)c2ccccc2C12CCN(Cc1ccccc1)CC2. The number of likely N-dealkylation sites (tertiary alicyclic amines) is 1. The van der Waals surface area contributed by atoms with Gasteiger partial charge in [0.05, 0.1) is 11.1 Å². The third kappa shape index (κ3) is 4.94. The molecule has 37 heavy (non-hydrogen) atoms. The van der Waals surface area contributed by atoms with Gasteiger partial charge >= 0.3 is 12.4 Å². The van der Waals surface area contributed by atoms with Gasteiger partial charge in [-0.25, -0.2) is 0 Å². The first-order chi connectivity index (χ1) is 17.5. The first-order valence-electron chi connectivity index (χ1n) is 12.1. The van der Waals surface area contributed by atoms with Crippen molar-refractivity contribution in [3.8, 4) is 0 Å². The lowest BCUT2D eigenvalue weighted by atomic mass is 9.73. The number of fused-ring (bicyclic) bond motifs is 2. The van der Waals surface area contributed by atoms with Crippen molar-refractivity contribution < 1.29 is 31.4 Å². The van der Waals surface area contributed by atoms with E-state index in [9.17, 15) is 31.4 Å². The molecule has 0 bridgehead atoms. The molecule has 196 valence electrons. The van der Waals surface area contributed by atoms with E-state index in [0.717, 1.165) is 24.2 Å². The summed E-state index contributed by atoms with van der Waals surface area (Å²) < 4.78 is 80.5. The van der Waals surface area contributed by atoms with Crippen LogP contribution in [0, 0.1) is 0 Å². The highest BCUT2D eigenvalue weighted by Gasteiger charge is 2.51. The van der Waals surface area contributed by atoms with Gasteiger partial charge in [-0.2, -0.15) is 26.3 Å². The topological polar surface area (TPSA) is 26.7 Å². The van der Waals surface area contributed by atoms with Crippen LogP contribution in [0.25, 0.3) is 0 Å². The number of nitrogens with zero attached hydrogens (tertiary/aromatic N) is 2.